The maximum atomic E-state index is 14.1. The van der Waals surface area contributed by atoms with Gasteiger partial charge in [0.25, 0.3) is 0 Å². The fourth-order valence-corrected chi connectivity index (χ4v) is 9.58. The lowest BCUT2D eigenvalue weighted by Crippen LogP contribution is -2.57. The van der Waals surface area contributed by atoms with Crippen molar-refractivity contribution in [1.82, 2.24) is 0 Å². The minimum Gasteiger partial charge on any atom is -0.488 e. The third-order valence-electron chi connectivity index (χ3n) is 12.6. The van der Waals surface area contributed by atoms with Crippen LogP contribution in [-0.2, 0) is 42.8 Å². The second-order valence-corrected chi connectivity index (χ2v) is 28.6. The minimum atomic E-state index is -2.24. The fraction of sp³-hybridized carbons (Fsp3) is 0.659. The van der Waals surface area contributed by atoms with Crippen LogP contribution in [0.15, 0.2) is 47.1 Å². The SMILES string of the molecule is CCCC(c1coc2c(CO[Si](C)(C)C(C)(C)C)c(OCc3ccccc3)c(CC(C)C)cc12)[C@H]1C[C@H](O[Si](C)(C)C(C)(C)C)[C@@]2(OC2CC)C(=O)O1. The normalized spacial score (nSPS) is 23.2. The first-order valence-corrected chi connectivity index (χ1v) is 25.9. The first kappa shape index (κ1) is 41.7. The molecular formula is C44H68O7Si2. The lowest BCUT2D eigenvalue weighted by Gasteiger charge is -2.44. The summed E-state index contributed by atoms with van der Waals surface area (Å²) < 4.78 is 40.1. The summed E-state index contributed by atoms with van der Waals surface area (Å²) in [5, 5.41) is 1.08. The number of benzene rings is 2. The van der Waals surface area contributed by atoms with E-state index >= 15 is 0 Å². The van der Waals surface area contributed by atoms with E-state index in [9.17, 15) is 4.79 Å². The van der Waals surface area contributed by atoms with Gasteiger partial charge in [-0.1, -0.05) is 106 Å². The first-order chi connectivity index (χ1) is 24.7. The van der Waals surface area contributed by atoms with Crippen LogP contribution in [0, 0.1) is 5.92 Å². The van der Waals surface area contributed by atoms with Gasteiger partial charge in [0, 0.05) is 23.3 Å². The summed E-state index contributed by atoms with van der Waals surface area (Å²) >= 11 is 0. The third-order valence-corrected chi connectivity index (χ3v) is 21.5. The van der Waals surface area contributed by atoms with Crippen LogP contribution in [-0.4, -0.2) is 46.5 Å². The Hall–Kier alpha value is -2.44. The summed E-state index contributed by atoms with van der Waals surface area (Å²) in [6.07, 6.45) is 4.93. The van der Waals surface area contributed by atoms with Crippen LogP contribution in [0.1, 0.15) is 123 Å². The molecule has 3 heterocycles. The number of carbonyl (C=O) groups excluding carboxylic acids is 1. The minimum absolute atomic E-state index is 0.0127. The molecule has 0 bridgehead atoms. The lowest BCUT2D eigenvalue weighted by molar-refractivity contribution is -0.173. The smallest absolute Gasteiger partial charge is 0.344 e. The average Bonchev–Trinajstić information content (AvgIpc) is 3.66. The zero-order valence-electron chi connectivity index (χ0n) is 35.2. The number of fused-ring (bicyclic) bond motifs is 1. The molecule has 0 N–H and O–H groups in total. The van der Waals surface area contributed by atoms with Gasteiger partial charge in [-0.3, -0.25) is 0 Å². The van der Waals surface area contributed by atoms with Gasteiger partial charge in [0.2, 0.25) is 5.60 Å². The molecule has 2 aliphatic heterocycles. The Morgan fingerprint density at radius 1 is 0.943 bits per heavy atom. The molecule has 5 rings (SSSR count). The van der Waals surface area contributed by atoms with E-state index in [-0.39, 0.29) is 40.3 Å². The van der Waals surface area contributed by atoms with Crippen LogP contribution in [0.5, 0.6) is 5.75 Å². The van der Waals surface area contributed by atoms with E-state index in [1.165, 1.54) is 0 Å². The molecule has 0 amide bonds. The predicted octanol–water partition coefficient (Wildman–Crippen LogP) is 11.9. The molecule has 0 saturated carbocycles. The van der Waals surface area contributed by atoms with Gasteiger partial charge in [-0.2, -0.15) is 0 Å². The van der Waals surface area contributed by atoms with Gasteiger partial charge >= 0.3 is 5.97 Å². The van der Waals surface area contributed by atoms with Gasteiger partial charge in [0.05, 0.1) is 24.5 Å². The summed E-state index contributed by atoms with van der Waals surface area (Å²) in [5.74, 6) is 0.895. The van der Waals surface area contributed by atoms with E-state index in [0.29, 0.717) is 25.6 Å². The Morgan fingerprint density at radius 2 is 1.60 bits per heavy atom. The highest BCUT2D eigenvalue weighted by Gasteiger charge is 2.71. The second kappa shape index (κ2) is 15.6. The Morgan fingerprint density at radius 3 is 2.17 bits per heavy atom. The Kier molecular flexibility index (Phi) is 12.3. The molecule has 1 spiro atoms. The number of epoxide rings is 1. The van der Waals surface area contributed by atoms with Crippen molar-refractivity contribution in [2.24, 2.45) is 5.92 Å². The number of furan rings is 1. The average molecular weight is 765 g/mol. The summed E-state index contributed by atoms with van der Waals surface area (Å²) in [5.41, 5.74) is 4.05. The highest BCUT2D eigenvalue weighted by Crippen LogP contribution is 2.53. The van der Waals surface area contributed by atoms with E-state index < -0.39 is 22.2 Å². The molecule has 5 atom stereocenters. The van der Waals surface area contributed by atoms with Crippen molar-refractivity contribution >= 4 is 33.6 Å². The van der Waals surface area contributed by atoms with Crippen LogP contribution < -0.4 is 4.74 Å². The largest absolute Gasteiger partial charge is 0.488 e. The van der Waals surface area contributed by atoms with Crippen molar-refractivity contribution in [2.75, 3.05) is 0 Å². The Balaban J connectivity index is 1.61. The third kappa shape index (κ3) is 8.54. The van der Waals surface area contributed by atoms with Crippen molar-refractivity contribution in [1.29, 1.82) is 0 Å². The predicted molar refractivity (Wildman–Crippen MR) is 220 cm³/mol. The molecular weight excluding hydrogens is 697 g/mol. The maximum absolute atomic E-state index is 14.1. The second-order valence-electron chi connectivity index (χ2n) is 19.1. The van der Waals surface area contributed by atoms with E-state index in [1.807, 2.05) is 24.5 Å². The highest BCUT2D eigenvalue weighted by molar-refractivity contribution is 6.74. The zero-order chi connectivity index (χ0) is 39.1. The van der Waals surface area contributed by atoms with Crippen LogP contribution in [0.25, 0.3) is 11.0 Å². The standard InChI is InChI=1S/C44H68O7Si2/c1-15-20-32(36-25-38(51-53(13,14)43(8,9)10)44(41(45)49-36)37(16-2)50-44)34-27-47-40-33(34)24-31(23-29(3)4)39(46-26-30-21-18-17-19-22-30)35(40)28-48-52(11,12)42(5,6)7/h17-19,21-22,24,27,29,32,36-38H,15-16,20,23,25-26,28H2,1-14H3/t32?,36-,37?,38+,44-/m1/s1. The maximum Gasteiger partial charge on any atom is 0.344 e. The first-order valence-electron chi connectivity index (χ1n) is 20.1. The van der Waals surface area contributed by atoms with Crippen molar-refractivity contribution in [3.05, 3.63) is 64.9 Å². The van der Waals surface area contributed by atoms with E-state index in [1.54, 1.807) is 0 Å². The quantitative estimate of drug-likeness (QED) is 0.0866. The number of ether oxygens (including phenoxy) is 3. The van der Waals surface area contributed by atoms with Crippen LogP contribution in [0.4, 0.5) is 0 Å². The van der Waals surface area contributed by atoms with Crippen molar-refractivity contribution in [3.63, 3.8) is 0 Å². The van der Waals surface area contributed by atoms with Crippen LogP contribution in [0.3, 0.4) is 0 Å². The van der Waals surface area contributed by atoms with Gasteiger partial charge in [-0.25, -0.2) is 4.79 Å². The molecule has 0 aliphatic carbocycles. The molecule has 2 unspecified atom stereocenters. The highest BCUT2D eigenvalue weighted by atomic mass is 28.4. The topological polar surface area (TPSA) is 79.7 Å². The van der Waals surface area contributed by atoms with Gasteiger partial charge in [-0.05, 0) is 78.6 Å². The molecule has 2 saturated heterocycles. The number of rotatable bonds is 15. The van der Waals surface area contributed by atoms with Crippen LogP contribution in [0.2, 0.25) is 36.3 Å². The molecule has 2 fully saturated rings. The number of hydrogen-bond donors (Lipinski definition) is 0. The summed E-state index contributed by atoms with van der Waals surface area (Å²) in [7, 11) is -4.38. The van der Waals surface area contributed by atoms with Gasteiger partial charge < -0.3 is 27.5 Å². The molecule has 3 aromatic rings. The molecule has 53 heavy (non-hydrogen) atoms. The summed E-state index contributed by atoms with van der Waals surface area (Å²) in [4.78, 5) is 14.1. The number of hydrogen-bond acceptors (Lipinski definition) is 7. The zero-order valence-corrected chi connectivity index (χ0v) is 37.2. The van der Waals surface area contributed by atoms with E-state index in [2.05, 4.69) is 114 Å². The van der Waals surface area contributed by atoms with Crippen LogP contribution >= 0.6 is 0 Å². The Labute approximate surface area is 322 Å². The molecule has 0 radical (unpaired) electrons. The van der Waals surface area contributed by atoms with Gasteiger partial charge in [-0.15, -0.1) is 0 Å². The molecule has 1 aromatic heterocycles. The Bertz CT molecular complexity index is 1720. The van der Waals surface area contributed by atoms with E-state index in [4.69, 9.17) is 27.5 Å². The molecule has 9 heteroatoms. The monoisotopic (exact) mass is 764 g/mol. The number of carbonyl (C=O) groups is 1. The summed E-state index contributed by atoms with van der Waals surface area (Å²) in [6, 6.07) is 12.6. The van der Waals surface area contributed by atoms with Gasteiger partial charge in [0.1, 0.15) is 30.1 Å². The molecule has 2 aliphatic rings. The molecule has 294 valence electrons. The van der Waals surface area contributed by atoms with Gasteiger partial charge in [0.15, 0.2) is 16.6 Å². The number of esters is 1. The van der Waals surface area contributed by atoms with Crippen molar-refractivity contribution in [3.8, 4) is 5.75 Å². The summed E-state index contributed by atoms with van der Waals surface area (Å²) in [6.45, 7) is 32.2. The molecule has 7 nitrogen and oxygen atoms in total. The molecule has 2 aromatic carbocycles. The van der Waals surface area contributed by atoms with E-state index in [0.717, 1.165) is 64.7 Å². The van der Waals surface area contributed by atoms with Crippen molar-refractivity contribution < 1.29 is 32.3 Å². The fourth-order valence-electron chi connectivity index (χ4n) is 7.30. The lowest BCUT2D eigenvalue weighted by atomic mass is 9.81. The number of cyclic esters (lactones) is 1. The van der Waals surface area contributed by atoms with Crippen molar-refractivity contribution in [2.45, 2.75) is 181 Å².